The SMILES string of the molecule is c1ccc(-c2cc(-c3ccccc3)cc(-c3cc4c5ccccc5n5c6ccccc6c(c3)c45)c2)cc1. The molecule has 0 radical (unpaired) electrons. The highest BCUT2D eigenvalue weighted by Crippen LogP contribution is 2.42. The van der Waals surface area contributed by atoms with Gasteiger partial charge >= 0.3 is 0 Å². The fourth-order valence-electron chi connectivity index (χ4n) is 6.00. The lowest BCUT2D eigenvalue weighted by Gasteiger charge is -2.12. The van der Waals surface area contributed by atoms with E-state index in [4.69, 9.17) is 0 Å². The van der Waals surface area contributed by atoms with Gasteiger partial charge in [0.2, 0.25) is 0 Å². The van der Waals surface area contributed by atoms with Gasteiger partial charge in [-0.05, 0) is 75.8 Å². The Morgan fingerprint density at radius 1 is 0.297 bits per heavy atom. The Bertz CT molecular complexity index is 1920. The number of nitrogens with zero attached hydrogens (tertiary/aromatic N) is 1. The van der Waals surface area contributed by atoms with Gasteiger partial charge in [0.15, 0.2) is 0 Å². The maximum atomic E-state index is 2.44. The topological polar surface area (TPSA) is 4.41 Å². The zero-order valence-electron chi connectivity index (χ0n) is 20.2. The Kier molecular flexibility index (Phi) is 4.29. The predicted molar refractivity (Wildman–Crippen MR) is 157 cm³/mol. The van der Waals surface area contributed by atoms with Crippen molar-refractivity contribution >= 4 is 38.1 Å². The molecule has 8 rings (SSSR count). The summed E-state index contributed by atoms with van der Waals surface area (Å²) in [6.45, 7) is 0. The summed E-state index contributed by atoms with van der Waals surface area (Å²) in [6, 6.07) is 50.7. The fourth-order valence-corrected chi connectivity index (χ4v) is 6.00. The molecule has 2 heterocycles. The Hall–Kier alpha value is -4.88. The van der Waals surface area contributed by atoms with E-state index >= 15 is 0 Å². The zero-order chi connectivity index (χ0) is 24.3. The van der Waals surface area contributed by atoms with E-state index in [2.05, 4.69) is 144 Å². The molecule has 2 aromatic heterocycles. The minimum absolute atomic E-state index is 1.23. The number of hydrogen-bond donors (Lipinski definition) is 0. The molecule has 0 saturated carbocycles. The highest BCUT2D eigenvalue weighted by molar-refractivity contribution is 6.24. The van der Waals surface area contributed by atoms with Crippen molar-refractivity contribution in [2.45, 2.75) is 0 Å². The Labute approximate surface area is 215 Å². The van der Waals surface area contributed by atoms with Gasteiger partial charge < -0.3 is 4.40 Å². The summed E-state index contributed by atoms with van der Waals surface area (Å²) in [5, 5.41) is 5.23. The van der Waals surface area contributed by atoms with E-state index < -0.39 is 0 Å². The molecule has 0 aliphatic carbocycles. The molecule has 6 aromatic carbocycles. The van der Waals surface area contributed by atoms with Crippen molar-refractivity contribution in [2.75, 3.05) is 0 Å². The number of benzene rings is 6. The number of rotatable bonds is 3. The van der Waals surface area contributed by atoms with Crippen LogP contribution in [0.25, 0.3) is 71.5 Å². The number of hydrogen-bond acceptors (Lipinski definition) is 0. The van der Waals surface area contributed by atoms with Gasteiger partial charge in [-0.3, -0.25) is 0 Å². The van der Waals surface area contributed by atoms with Crippen molar-refractivity contribution in [1.82, 2.24) is 4.40 Å². The average Bonchev–Trinajstić information content (AvgIpc) is 3.49. The summed E-state index contributed by atoms with van der Waals surface area (Å²) >= 11 is 0. The van der Waals surface area contributed by atoms with Gasteiger partial charge in [0.05, 0.1) is 16.6 Å². The Morgan fingerprint density at radius 3 is 1.16 bits per heavy atom. The van der Waals surface area contributed by atoms with E-state index in [1.807, 2.05) is 0 Å². The normalized spacial score (nSPS) is 11.8. The molecule has 0 aliphatic rings. The summed E-state index contributed by atoms with van der Waals surface area (Å²) in [4.78, 5) is 0. The lowest BCUT2D eigenvalue weighted by Crippen LogP contribution is -1.86. The first-order valence-corrected chi connectivity index (χ1v) is 12.8. The van der Waals surface area contributed by atoms with E-state index in [9.17, 15) is 0 Å². The van der Waals surface area contributed by atoms with Crippen molar-refractivity contribution in [1.29, 1.82) is 0 Å². The summed E-state index contributed by atoms with van der Waals surface area (Å²) in [6.07, 6.45) is 0. The molecule has 1 nitrogen and oxygen atoms in total. The molecule has 0 saturated heterocycles. The molecule has 0 amide bonds. The highest BCUT2D eigenvalue weighted by Gasteiger charge is 2.18. The molecule has 0 fully saturated rings. The molecule has 0 N–H and O–H groups in total. The minimum Gasteiger partial charge on any atom is -0.308 e. The van der Waals surface area contributed by atoms with Crippen LogP contribution in [0.3, 0.4) is 0 Å². The van der Waals surface area contributed by atoms with Crippen molar-refractivity contribution in [3.8, 4) is 33.4 Å². The second-order valence-corrected chi connectivity index (χ2v) is 9.82. The average molecular weight is 470 g/mol. The van der Waals surface area contributed by atoms with Crippen LogP contribution >= 0.6 is 0 Å². The van der Waals surface area contributed by atoms with Crippen LogP contribution in [-0.2, 0) is 0 Å². The maximum Gasteiger partial charge on any atom is 0.0620 e. The quantitative estimate of drug-likeness (QED) is 0.242. The predicted octanol–water partition coefficient (Wildman–Crippen LogP) is 9.84. The molecule has 0 spiro atoms. The maximum absolute atomic E-state index is 2.44. The number of fused-ring (bicyclic) bond motifs is 6. The second kappa shape index (κ2) is 7.81. The first-order valence-electron chi connectivity index (χ1n) is 12.8. The van der Waals surface area contributed by atoms with Crippen LogP contribution in [0.5, 0.6) is 0 Å². The van der Waals surface area contributed by atoms with Crippen molar-refractivity contribution in [2.24, 2.45) is 0 Å². The lowest BCUT2D eigenvalue weighted by atomic mass is 9.92. The largest absolute Gasteiger partial charge is 0.308 e. The summed E-state index contributed by atoms with van der Waals surface area (Å²) in [7, 11) is 0. The molecule has 0 bridgehead atoms. The standard InChI is InChI=1S/C36H23N/c1-3-11-24(12-4-1)26-19-27(25-13-5-2-6-14-25)21-28(20-26)29-22-32-30-15-7-9-17-34(30)37-35-18-10-8-16-31(35)33(23-29)36(32)37/h1-23H. The first kappa shape index (κ1) is 20.3. The summed E-state index contributed by atoms with van der Waals surface area (Å²) < 4.78 is 2.44. The molecule has 1 heteroatoms. The Morgan fingerprint density at radius 2 is 0.676 bits per heavy atom. The van der Waals surface area contributed by atoms with Gasteiger partial charge in [0.25, 0.3) is 0 Å². The van der Waals surface area contributed by atoms with E-state index in [1.165, 1.54) is 71.5 Å². The molecule has 0 unspecified atom stereocenters. The smallest absolute Gasteiger partial charge is 0.0620 e. The van der Waals surface area contributed by atoms with Gasteiger partial charge in [-0.15, -0.1) is 0 Å². The zero-order valence-corrected chi connectivity index (χ0v) is 20.2. The highest BCUT2D eigenvalue weighted by atomic mass is 14.9. The van der Waals surface area contributed by atoms with Crippen LogP contribution in [0.15, 0.2) is 140 Å². The van der Waals surface area contributed by atoms with Gasteiger partial charge in [0.1, 0.15) is 0 Å². The molecule has 0 atom stereocenters. The number of para-hydroxylation sites is 2. The third-order valence-corrected chi connectivity index (χ3v) is 7.68. The van der Waals surface area contributed by atoms with E-state index in [0.29, 0.717) is 0 Å². The first-order chi connectivity index (χ1) is 18.3. The van der Waals surface area contributed by atoms with Gasteiger partial charge in [-0.2, -0.15) is 0 Å². The number of aromatic nitrogens is 1. The van der Waals surface area contributed by atoms with Gasteiger partial charge in [0, 0.05) is 21.5 Å². The third-order valence-electron chi connectivity index (χ3n) is 7.68. The third kappa shape index (κ3) is 3.04. The van der Waals surface area contributed by atoms with Crippen LogP contribution in [0.4, 0.5) is 0 Å². The van der Waals surface area contributed by atoms with E-state index in [1.54, 1.807) is 0 Å². The van der Waals surface area contributed by atoms with Gasteiger partial charge in [-0.25, -0.2) is 0 Å². The summed E-state index contributed by atoms with van der Waals surface area (Å²) in [5.41, 5.74) is 11.3. The molecular formula is C36H23N. The van der Waals surface area contributed by atoms with Crippen LogP contribution in [0, 0.1) is 0 Å². The molecular weight excluding hydrogens is 446 g/mol. The van der Waals surface area contributed by atoms with Crippen molar-refractivity contribution in [3.05, 3.63) is 140 Å². The second-order valence-electron chi connectivity index (χ2n) is 9.82. The van der Waals surface area contributed by atoms with Crippen LogP contribution in [-0.4, -0.2) is 4.40 Å². The van der Waals surface area contributed by atoms with E-state index in [0.717, 1.165) is 0 Å². The molecule has 0 aliphatic heterocycles. The van der Waals surface area contributed by atoms with Gasteiger partial charge in [-0.1, -0.05) is 97.1 Å². The van der Waals surface area contributed by atoms with Crippen molar-refractivity contribution in [3.63, 3.8) is 0 Å². The molecule has 8 aromatic rings. The monoisotopic (exact) mass is 469 g/mol. The van der Waals surface area contributed by atoms with Crippen LogP contribution in [0.1, 0.15) is 0 Å². The van der Waals surface area contributed by atoms with Crippen LogP contribution in [0.2, 0.25) is 0 Å². The molecule has 37 heavy (non-hydrogen) atoms. The molecule has 172 valence electrons. The summed E-state index contributed by atoms with van der Waals surface area (Å²) in [5.74, 6) is 0. The lowest BCUT2D eigenvalue weighted by molar-refractivity contribution is 1.37. The Balaban J connectivity index is 1.47. The van der Waals surface area contributed by atoms with E-state index in [-0.39, 0.29) is 0 Å². The van der Waals surface area contributed by atoms with Crippen molar-refractivity contribution < 1.29 is 0 Å². The minimum atomic E-state index is 1.23. The fraction of sp³-hybridized carbons (Fsp3) is 0. The van der Waals surface area contributed by atoms with Crippen LogP contribution < -0.4 is 0 Å².